The van der Waals surface area contributed by atoms with Crippen molar-refractivity contribution in [3.63, 3.8) is 0 Å². The van der Waals surface area contributed by atoms with Gasteiger partial charge >= 0.3 is 6.01 Å². The van der Waals surface area contributed by atoms with Crippen LogP contribution in [0.4, 0.5) is 6.01 Å². The van der Waals surface area contributed by atoms with Gasteiger partial charge in [0.1, 0.15) is 0 Å². The summed E-state index contributed by atoms with van der Waals surface area (Å²) in [5, 5.41) is 11.3. The highest BCUT2D eigenvalue weighted by atomic mass is 16.4. The third kappa shape index (κ3) is 4.18. The zero-order valence-corrected chi connectivity index (χ0v) is 10.9. The second-order valence-electron chi connectivity index (χ2n) is 5.00. The molecule has 16 heavy (non-hydrogen) atoms. The van der Waals surface area contributed by atoms with Crippen molar-refractivity contribution in [1.29, 1.82) is 0 Å². The van der Waals surface area contributed by atoms with Gasteiger partial charge in [0, 0.05) is 19.1 Å². The molecule has 1 aromatic rings. The predicted octanol–water partition coefficient (Wildman–Crippen LogP) is 1.80. The molecule has 0 aliphatic carbocycles. The summed E-state index contributed by atoms with van der Waals surface area (Å²) in [5.74, 6) is 0.632. The van der Waals surface area contributed by atoms with Gasteiger partial charge in [-0.25, -0.2) is 0 Å². The third-order valence-electron chi connectivity index (χ3n) is 2.11. The fourth-order valence-electron chi connectivity index (χ4n) is 1.24. The third-order valence-corrected chi connectivity index (χ3v) is 2.11. The summed E-state index contributed by atoms with van der Waals surface area (Å²) in [7, 11) is 1.96. The zero-order chi connectivity index (χ0) is 12.2. The maximum absolute atomic E-state index is 5.53. The molecule has 92 valence electrons. The van der Waals surface area contributed by atoms with E-state index in [0.29, 0.717) is 18.5 Å². The first kappa shape index (κ1) is 13.0. The molecule has 5 nitrogen and oxygen atoms in total. The molecule has 1 rings (SSSR count). The molecule has 0 spiro atoms. The van der Waals surface area contributed by atoms with Crippen LogP contribution < -0.4 is 10.2 Å². The highest BCUT2D eigenvalue weighted by Gasteiger charge is 2.13. The van der Waals surface area contributed by atoms with E-state index in [-0.39, 0.29) is 5.54 Å². The van der Waals surface area contributed by atoms with Crippen LogP contribution in [-0.2, 0) is 6.54 Å². The van der Waals surface area contributed by atoms with Gasteiger partial charge in [0.05, 0.1) is 6.54 Å². The number of anilines is 1. The van der Waals surface area contributed by atoms with Crippen molar-refractivity contribution in [2.24, 2.45) is 0 Å². The average molecular weight is 226 g/mol. The predicted molar refractivity (Wildman–Crippen MR) is 64.5 cm³/mol. The van der Waals surface area contributed by atoms with Crippen molar-refractivity contribution in [3.05, 3.63) is 5.89 Å². The number of hydrogen-bond donors (Lipinski definition) is 1. The van der Waals surface area contributed by atoms with Gasteiger partial charge in [-0.15, -0.1) is 5.10 Å². The molecule has 0 atom stereocenters. The van der Waals surface area contributed by atoms with Crippen LogP contribution in [0, 0.1) is 0 Å². The SMILES string of the molecule is CCCN(C)c1nnc(CNC(C)(C)C)o1. The fourth-order valence-corrected chi connectivity index (χ4v) is 1.24. The molecule has 0 saturated heterocycles. The summed E-state index contributed by atoms with van der Waals surface area (Å²) in [6, 6.07) is 0.590. The number of aromatic nitrogens is 2. The van der Waals surface area contributed by atoms with E-state index in [1.807, 2.05) is 11.9 Å². The van der Waals surface area contributed by atoms with Crippen LogP contribution in [0.3, 0.4) is 0 Å². The summed E-state index contributed by atoms with van der Waals surface area (Å²) in [6.45, 7) is 9.97. The number of nitrogens with zero attached hydrogens (tertiary/aromatic N) is 3. The normalized spacial score (nSPS) is 11.8. The molecular weight excluding hydrogens is 204 g/mol. The van der Waals surface area contributed by atoms with Crippen LogP contribution in [0.1, 0.15) is 40.0 Å². The van der Waals surface area contributed by atoms with E-state index in [2.05, 4.69) is 43.2 Å². The zero-order valence-electron chi connectivity index (χ0n) is 10.9. The smallest absolute Gasteiger partial charge is 0.317 e. The van der Waals surface area contributed by atoms with E-state index in [4.69, 9.17) is 4.42 Å². The largest absolute Gasteiger partial charge is 0.407 e. The lowest BCUT2D eigenvalue weighted by atomic mass is 10.1. The Balaban J connectivity index is 2.51. The standard InChI is InChI=1S/C11H22N4O/c1-6-7-15(5)10-14-13-9(16-10)8-12-11(2,3)4/h12H,6-8H2,1-5H3. The van der Waals surface area contributed by atoms with Crippen molar-refractivity contribution >= 4 is 6.01 Å². The van der Waals surface area contributed by atoms with E-state index < -0.39 is 0 Å². The van der Waals surface area contributed by atoms with Gasteiger partial charge in [0.25, 0.3) is 0 Å². The average Bonchev–Trinajstić information content (AvgIpc) is 2.62. The van der Waals surface area contributed by atoms with Gasteiger partial charge in [-0.05, 0) is 27.2 Å². The Hall–Kier alpha value is -1.10. The maximum atomic E-state index is 5.53. The molecule has 0 saturated carbocycles. The molecule has 0 fully saturated rings. The van der Waals surface area contributed by atoms with Gasteiger partial charge in [0.15, 0.2) is 0 Å². The van der Waals surface area contributed by atoms with Gasteiger partial charge < -0.3 is 14.6 Å². The molecule has 0 aliphatic heterocycles. The van der Waals surface area contributed by atoms with E-state index in [1.165, 1.54) is 0 Å². The minimum Gasteiger partial charge on any atom is -0.407 e. The minimum absolute atomic E-state index is 0.0595. The van der Waals surface area contributed by atoms with Gasteiger partial charge in [0.2, 0.25) is 5.89 Å². The molecule has 0 aliphatic rings. The Morgan fingerprint density at radius 3 is 2.56 bits per heavy atom. The molecule has 0 unspecified atom stereocenters. The molecule has 0 amide bonds. The Morgan fingerprint density at radius 1 is 1.31 bits per heavy atom. The lowest BCUT2D eigenvalue weighted by molar-refractivity contribution is 0.381. The molecule has 1 aromatic heterocycles. The fraction of sp³-hybridized carbons (Fsp3) is 0.818. The highest BCUT2D eigenvalue weighted by Crippen LogP contribution is 2.11. The number of hydrogen-bond acceptors (Lipinski definition) is 5. The monoisotopic (exact) mass is 226 g/mol. The first-order valence-corrected chi connectivity index (χ1v) is 5.71. The van der Waals surface area contributed by atoms with Crippen molar-refractivity contribution in [2.45, 2.75) is 46.2 Å². The quantitative estimate of drug-likeness (QED) is 0.829. The van der Waals surface area contributed by atoms with Crippen molar-refractivity contribution in [3.8, 4) is 0 Å². The molecule has 1 heterocycles. The number of nitrogens with one attached hydrogen (secondary N) is 1. The van der Waals surface area contributed by atoms with Crippen LogP contribution in [0.25, 0.3) is 0 Å². The van der Waals surface area contributed by atoms with Gasteiger partial charge in [-0.2, -0.15) is 0 Å². The maximum Gasteiger partial charge on any atom is 0.317 e. The van der Waals surface area contributed by atoms with Crippen molar-refractivity contribution < 1.29 is 4.42 Å². The molecule has 0 aromatic carbocycles. The van der Waals surface area contributed by atoms with Crippen LogP contribution in [0.2, 0.25) is 0 Å². The first-order chi connectivity index (χ1) is 7.42. The lowest BCUT2D eigenvalue weighted by Gasteiger charge is -2.18. The summed E-state index contributed by atoms with van der Waals surface area (Å²) < 4.78 is 5.53. The minimum atomic E-state index is 0.0595. The Bertz CT molecular complexity index is 316. The van der Waals surface area contributed by atoms with Crippen molar-refractivity contribution in [1.82, 2.24) is 15.5 Å². The Kier molecular flexibility index (Phi) is 4.29. The second kappa shape index (κ2) is 5.30. The summed E-state index contributed by atoms with van der Waals surface area (Å²) in [6.07, 6.45) is 1.06. The first-order valence-electron chi connectivity index (χ1n) is 5.71. The topological polar surface area (TPSA) is 54.2 Å². The van der Waals surface area contributed by atoms with E-state index in [0.717, 1.165) is 13.0 Å². The van der Waals surface area contributed by atoms with Crippen LogP contribution in [0.15, 0.2) is 4.42 Å². The lowest BCUT2D eigenvalue weighted by Crippen LogP contribution is -2.35. The summed E-state index contributed by atoms with van der Waals surface area (Å²) >= 11 is 0. The van der Waals surface area contributed by atoms with Crippen LogP contribution in [0.5, 0.6) is 0 Å². The molecule has 0 radical (unpaired) electrons. The Labute approximate surface area is 97.2 Å². The summed E-state index contributed by atoms with van der Waals surface area (Å²) in [4.78, 5) is 1.97. The van der Waals surface area contributed by atoms with Crippen molar-refractivity contribution in [2.75, 3.05) is 18.5 Å². The Morgan fingerprint density at radius 2 is 2.00 bits per heavy atom. The highest BCUT2D eigenvalue weighted by molar-refractivity contribution is 5.21. The van der Waals surface area contributed by atoms with Crippen LogP contribution in [-0.4, -0.2) is 29.3 Å². The second-order valence-corrected chi connectivity index (χ2v) is 5.00. The van der Waals surface area contributed by atoms with E-state index >= 15 is 0 Å². The van der Waals surface area contributed by atoms with Gasteiger partial charge in [-0.1, -0.05) is 12.0 Å². The molecule has 0 bridgehead atoms. The van der Waals surface area contributed by atoms with Gasteiger partial charge in [-0.3, -0.25) is 0 Å². The molecule has 5 heteroatoms. The number of rotatable bonds is 5. The van der Waals surface area contributed by atoms with E-state index in [9.17, 15) is 0 Å². The molecule has 1 N–H and O–H groups in total. The van der Waals surface area contributed by atoms with E-state index in [1.54, 1.807) is 0 Å². The van der Waals surface area contributed by atoms with Crippen LogP contribution >= 0.6 is 0 Å². The molecular formula is C11H22N4O. The summed E-state index contributed by atoms with van der Waals surface area (Å²) in [5.41, 5.74) is 0.0595.